The highest BCUT2D eigenvalue weighted by molar-refractivity contribution is 5.32. The zero-order valence-electron chi connectivity index (χ0n) is 18.5. The lowest BCUT2D eigenvalue weighted by atomic mass is 10.0. The predicted octanol–water partition coefficient (Wildman–Crippen LogP) is 2.51. The van der Waals surface area contributed by atoms with Crippen LogP contribution in [0.25, 0.3) is 0 Å². The molecule has 3 aliphatic rings. The summed E-state index contributed by atoms with van der Waals surface area (Å²) in [7, 11) is 1.71. The molecule has 168 valence electrons. The van der Waals surface area contributed by atoms with Crippen molar-refractivity contribution in [2.75, 3.05) is 39.9 Å². The topological polar surface area (TPSA) is 68.5 Å². The Morgan fingerprint density at radius 2 is 1.81 bits per heavy atom. The monoisotopic (exact) mass is 426 g/mol. The molecule has 2 aromatic rings. The van der Waals surface area contributed by atoms with E-state index in [-0.39, 0.29) is 12.1 Å². The maximum Gasteiger partial charge on any atom is 0.173 e. The van der Waals surface area contributed by atoms with E-state index in [2.05, 4.69) is 37.5 Å². The van der Waals surface area contributed by atoms with Crippen LogP contribution >= 0.6 is 0 Å². The normalized spacial score (nSPS) is 24.6. The summed E-state index contributed by atoms with van der Waals surface area (Å²) in [6.45, 7) is 5.85. The van der Waals surface area contributed by atoms with E-state index in [0.29, 0.717) is 0 Å². The third-order valence-electron chi connectivity index (χ3n) is 7.19. The molecule has 2 atom stereocenters. The van der Waals surface area contributed by atoms with Crippen LogP contribution in [0.5, 0.6) is 5.75 Å². The molecule has 1 aromatic heterocycles. The molecule has 5 rings (SSSR count). The van der Waals surface area contributed by atoms with Crippen molar-refractivity contribution in [2.45, 2.75) is 63.3 Å². The zero-order valence-corrected chi connectivity index (χ0v) is 18.5. The van der Waals surface area contributed by atoms with Crippen LogP contribution < -0.4 is 4.74 Å². The summed E-state index contributed by atoms with van der Waals surface area (Å²) >= 11 is 0. The van der Waals surface area contributed by atoms with Crippen molar-refractivity contribution in [3.8, 4) is 5.75 Å². The molecule has 1 aromatic carbocycles. The standard InChI is InChI=1S/C23H34N6O2/c1-30-20-10-8-18(9-11-20)22(23-24-25-26-29(23)17-21-7-4-16-31-21)28-14-12-27(13-15-28)19-5-2-3-6-19/h8-11,19,21-22H,2-7,12-17H2,1H3/t21-,22+/m1/s1. The second-order valence-corrected chi connectivity index (χ2v) is 9.04. The molecule has 1 aliphatic carbocycles. The van der Waals surface area contributed by atoms with Gasteiger partial charge in [-0.05, 0) is 53.8 Å². The highest BCUT2D eigenvalue weighted by Crippen LogP contribution is 2.31. The van der Waals surface area contributed by atoms with Gasteiger partial charge in [0.1, 0.15) is 5.75 Å². The van der Waals surface area contributed by atoms with Gasteiger partial charge in [0.15, 0.2) is 5.82 Å². The summed E-state index contributed by atoms with van der Waals surface area (Å²) < 4.78 is 13.2. The molecule has 0 amide bonds. The number of tetrazole rings is 1. The number of ether oxygens (including phenoxy) is 2. The van der Waals surface area contributed by atoms with E-state index in [9.17, 15) is 0 Å². The fourth-order valence-corrected chi connectivity index (χ4v) is 5.46. The van der Waals surface area contributed by atoms with E-state index in [1.54, 1.807) is 7.11 Å². The average molecular weight is 427 g/mol. The summed E-state index contributed by atoms with van der Waals surface area (Å²) in [5.74, 6) is 1.78. The van der Waals surface area contributed by atoms with Gasteiger partial charge >= 0.3 is 0 Å². The van der Waals surface area contributed by atoms with Gasteiger partial charge in [0, 0.05) is 38.8 Å². The Morgan fingerprint density at radius 3 is 2.48 bits per heavy atom. The lowest BCUT2D eigenvalue weighted by molar-refractivity contribution is 0.0720. The van der Waals surface area contributed by atoms with Crippen molar-refractivity contribution in [3.05, 3.63) is 35.7 Å². The van der Waals surface area contributed by atoms with Gasteiger partial charge in [0.2, 0.25) is 0 Å². The van der Waals surface area contributed by atoms with Gasteiger partial charge in [0.25, 0.3) is 0 Å². The minimum absolute atomic E-state index is 0.0352. The molecule has 3 heterocycles. The summed E-state index contributed by atoms with van der Waals surface area (Å²) in [6.07, 6.45) is 7.90. The van der Waals surface area contributed by atoms with Crippen molar-refractivity contribution in [3.63, 3.8) is 0 Å². The maximum atomic E-state index is 5.86. The summed E-state index contributed by atoms with van der Waals surface area (Å²) in [5, 5.41) is 12.9. The summed E-state index contributed by atoms with van der Waals surface area (Å²) in [5.41, 5.74) is 1.21. The van der Waals surface area contributed by atoms with Crippen LogP contribution in [0.1, 0.15) is 56.0 Å². The Hall–Kier alpha value is -2.03. The number of hydrogen-bond acceptors (Lipinski definition) is 7. The first-order chi connectivity index (χ1) is 15.3. The third kappa shape index (κ3) is 4.61. The first kappa shape index (κ1) is 20.8. The van der Waals surface area contributed by atoms with E-state index < -0.39 is 0 Å². The molecular weight excluding hydrogens is 392 g/mol. The maximum absolute atomic E-state index is 5.86. The lowest BCUT2D eigenvalue weighted by Crippen LogP contribution is -2.51. The Labute approximate surface area is 184 Å². The van der Waals surface area contributed by atoms with E-state index in [4.69, 9.17) is 9.47 Å². The van der Waals surface area contributed by atoms with Crippen molar-refractivity contribution in [1.29, 1.82) is 0 Å². The highest BCUT2D eigenvalue weighted by atomic mass is 16.5. The second-order valence-electron chi connectivity index (χ2n) is 9.04. The largest absolute Gasteiger partial charge is 0.497 e. The minimum atomic E-state index is 0.0352. The van der Waals surface area contributed by atoms with Crippen molar-refractivity contribution in [2.24, 2.45) is 0 Å². The molecule has 3 fully saturated rings. The summed E-state index contributed by atoms with van der Waals surface area (Å²) in [4.78, 5) is 5.24. The number of aromatic nitrogens is 4. The van der Waals surface area contributed by atoms with Gasteiger partial charge in [-0.1, -0.05) is 25.0 Å². The average Bonchev–Trinajstić information content (AvgIpc) is 3.59. The molecular formula is C23H34N6O2. The van der Waals surface area contributed by atoms with Crippen LogP contribution in [-0.4, -0.2) is 82.0 Å². The van der Waals surface area contributed by atoms with Gasteiger partial charge in [-0.3, -0.25) is 9.80 Å². The van der Waals surface area contributed by atoms with Crippen LogP contribution in [0.4, 0.5) is 0 Å². The molecule has 8 heteroatoms. The third-order valence-corrected chi connectivity index (χ3v) is 7.19. The molecule has 8 nitrogen and oxygen atoms in total. The van der Waals surface area contributed by atoms with E-state index in [1.165, 1.54) is 31.2 Å². The molecule has 0 unspecified atom stereocenters. The molecule has 0 radical (unpaired) electrons. The van der Waals surface area contributed by atoms with Crippen molar-refractivity contribution < 1.29 is 9.47 Å². The van der Waals surface area contributed by atoms with Crippen LogP contribution in [0, 0.1) is 0 Å². The Balaban J connectivity index is 1.38. The number of methoxy groups -OCH3 is 1. The summed E-state index contributed by atoms with van der Waals surface area (Å²) in [6, 6.07) is 9.19. The number of hydrogen-bond donors (Lipinski definition) is 0. The van der Waals surface area contributed by atoms with E-state index >= 15 is 0 Å². The van der Waals surface area contributed by atoms with Gasteiger partial charge < -0.3 is 9.47 Å². The molecule has 1 saturated carbocycles. The van der Waals surface area contributed by atoms with Crippen LogP contribution in [0.2, 0.25) is 0 Å². The van der Waals surface area contributed by atoms with Crippen LogP contribution in [0.15, 0.2) is 24.3 Å². The fraction of sp³-hybridized carbons (Fsp3) is 0.696. The smallest absolute Gasteiger partial charge is 0.173 e. The van der Waals surface area contributed by atoms with Gasteiger partial charge in [-0.15, -0.1) is 5.10 Å². The predicted molar refractivity (Wildman–Crippen MR) is 117 cm³/mol. The Bertz CT molecular complexity index is 821. The molecule has 31 heavy (non-hydrogen) atoms. The molecule has 2 saturated heterocycles. The fourth-order valence-electron chi connectivity index (χ4n) is 5.46. The van der Waals surface area contributed by atoms with Gasteiger partial charge in [-0.25, -0.2) is 4.68 Å². The quantitative estimate of drug-likeness (QED) is 0.674. The molecule has 0 N–H and O–H groups in total. The van der Waals surface area contributed by atoms with Crippen molar-refractivity contribution >= 4 is 0 Å². The lowest BCUT2D eigenvalue weighted by Gasteiger charge is -2.41. The number of benzene rings is 1. The highest BCUT2D eigenvalue weighted by Gasteiger charge is 2.33. The van der Waals surface area contributed by atoms with Gasteiger partial charge in [0.05, 0.1) is 25.8 Å². The van der Waals surface area contributed by atoms with E-state index in [1.807, 2.05) is 16.8 Å². The number of rotatable bonds is 7. The SMILES string of the molecule is COc1ccc([C@@H](c2nnnn2C[C@H]2CCCO2)N2CCN(C3CCCC3)CC2)cc1. The van der Waals surface area contributed by atoms with Crippen molar-refractivity contribution in [1.82, 2.24) is 30.0 Å². The zero-order chi connectivity index (χ0) is 21.0. The van der Waals surface area contributed by atoms with Crippen LogP contribution in [-0.2, 0) is 11.3 Å². The molecule has 2 aliphatic heterocycles. The number of nitrogens with zero attached hydrogens (tertiary/aromatic N) is 6. The van der Waals surface area contributed by atoms with Crippen LogP contribution in [0.3, 0.4) is 0 Å². The number of piperazine rings is 1. The second kappa shape index (κ2) is 9.63. The first-order valence-electron chi connectivity index (χ1n) is 11.8. The Morgan fingerprint density at radius 1 is 1.03 bits per heavy atom. The molecule has 0 bridgehead atoms. The van der Waals surface area contributed by atoms with E-state index in [0.717, 1.165) is 69.8 Å². The molecule has 0 spiro atoms. The Kier molecular flexibility index (Phi) is 6.47. The first-order valence-corrected chi connectivity index (χ1v) is 11.8. The minimum Gasteiger partial charge on any atom is -0.497 e. The van der Waals surface area contributed by atoms with Gasteiger partial charge in [-0.2, -0.15) is 0 Å².